The van der Waals surface area contributed by atoms with E-state index in [0.717, 1.165) is 6.92 Å². The minimum Gasteiger partial charge on any atom is -0.456 e. The lowest BCUT2D eigenvalue weighted by Crippen LogP contribution is -2.82. The number of hydrogen-bond acceptors (Lipinski definition) is 15. The number of Topliss-reactive ketones (excluding diaryl/α,β-unsaturated/α-hetero) is 1. The zero-order valence-electron chi connectivity index (χ0n) is 32.9. The van der Waals surface area contributed by atoms with Crippen LogP contribution in [0.5, 0.6) is 0 Å². The highest BCUT2D eigenvalue weighted by atomic mass is 16.6. The highest BCUT2D eigenvalue weighted by molar-refractivity contribution is 6.04. The van der Waals surface area contributed by atoms with E-state index in [-0.39, 0.29) is 29.7 Å². The van der Waals surface area contributed by atoms with Gasteiger partial charge >= 0.3 is 23.9 Å². The average Bonchev–Trinajstić information content (AvgIpc) is 3.16. The molecule has 2 aromatic carbocycles. The number of ether oxygens (including phenoxy) is 6. The molecule has 1 saturated heterocycles. The van der Waals surface area contributed by atoms with E-state index in [0.29, 0.717) is 5.56 Å². The van der Waals surface area contributed by atoms with Crippen molar-refractivity contribution >= 4 is 37.6 Å². The molecule has 0 aromatic heterocycles. The summed E-state index contributed by atoms with van der Waals surface area (Å²) in [4.78, 5) is 69.7. The monoisotopic (exact) mass is 786 g/mol. The van der Waals surface area contributed by atoms with Gasteiger partial charge in [0, 0.05) is 39.2 Å². The number of esters is 4. The topological polar surface area (TPSA) is 206 Å². The number of nitrogens with zero attached hydrogens (tertiary/aromatic N) is 2. The number of aliphatic hydroxyl groups excluding tert-OH is 1. The molecule has 16 heteroatoms. The molecule has 302 valence electrons. The number of hydrogen-bond donors (Lipinski definition) is 2. The Morgan fingerprint density at radius 3 is 2.12 bits per heavy atom. The Morgan fingerprint density at radius 1 is 0.947 bits per heavy atom. The molecule has 0 amide bonds. The van der Waals surface area contributed by atoms with Gasteiger partial charge in [-0.25, -0.2) is 9.59 Å². The molecule has 3 aliphatic carbocycles. The molecule has 11 atom stereocenters. The smallest absolute Gasteiger partial charge is 0.338 e. The van der Waals surface area contributed by atoms with Crippen LogP contribution in [-0.2, 0) is 47.6 Å². The van der Waals surface area contributed by atoms with Gasteiger partial charge in [-0.15, -0.1) is 0 Å². The van der Waals surface area contributed by atoms with Crippen molar-refractivity contribution in [2.45, 2.75) is 108 Å². The van der Waals surface area contributed by atoms with Crippen LogP contribution < -0.4 is 0 Å². The summed E-state index contributed by atoms with van der Waals surface area (Å²) < 4.78 is 36.0. The van der Waals surface area contributed by atoms with Gasteiger partial charge in [0.15, 0.2) is 23.6 Å². The standard InChI is InChI=1S/C41H47BN2O13/c1-21-26(55-37(50)32(52-7)30(43-44-42)24-14-10-8-11-15-24)19-41(51)35(56-36(49)25-16-12-9-13-17-25)33-39(6,27(47)18-28-40(33,20-53-28)57-23(3)46)34(48)31(54-22(2)45)29(21)38(41,4)5/h8-17,26-28,30-33,35,47,51H,18-20H2,1-7H3/t26-,27-,28+,30-,31+,32+,33-,35-,39+,40-,41+/m1/s1. The normalized spacial score (nSPS) is 33.9. The molecule has 4 aliphatic rings. The molecule has 3 fully saturated rings. The fourth-order valence-corrected chi connectivity index (χ4v) is 9.60. The summed E-state index contributed by atoms with van der Waals surface area (Å²) in [7, 11) is 6.72. The van der Waals surface area contributed by atoms with E-state index < -0.39 is 107 Å². The van der Waals surface area contributed by atoms with Crippen LogP contribution in [0.15, 0.2) is 81.9 Å². The summed E-state index contributed by atoms with van der Waals surface area (Å²) in [5.74, 6) is -5.78. The quantitative estimate of drug-likeness (QED) is 0.117. The zero-order valence-corrected chi connectivity index (χ0v) is 32.9. The number of carbonyl (C=O) groups excluding carboxylic acids is 5. The van der Waals surface area contributed by atoms with Crippen LogP contribution in [0, 0.1) is 16.7 Å². The number of fused-ring (bicyclic) bond motifs is 5. The van der Waals surface area contributed by atoms with Gasteiger partial charge in [-0.05, 0) is 42.7 Å². The van der Waals surface area contributed by atoms with Crippen LogP contribution in [0.2, 0.25) is 0 Å². The largest absolute Gasteiger partial charge is 0.456 e. The van der Waals surface area contributed by atoms with Crippen molar-refractivity contribution in [2.75, 3.05) is 13.7 Å². The van der Waals surface area contributed by atoms with Gasteiger partial charge in [0.25, 0.3) is 7.98 Å². The van der Waals surface area contributed by atoms with Gasteiger partial charge in [-0.3, -0.25) is 19.4 Å². The molecule has 1 heterocycles. The van der Waals surface area contributed by atoms with Gasteiger partial charge in [-0.2, -0.15) is 5.11 Å². The van der Waals surface area contributed by atoms with E-state index in [1.165, 1.54) is 33.1 Å². The van der Waals surface area contributed by atoms with Gasteiger partial charge in [0.1, 0.15) is 30.0 Å². The lowest BCUT2D eigenvalue weighted by atomic mass is 9.44. The fraction of sp³-hybridized carbons (Fsp3) is 0.537. The van der Waals surface area contributed by atoms with Crippen LogP contribution in [0.1, 0.15) is 76.3 Å². The maximum absolute atomic E-state index is 15.4. The Morgan fingerprint density at radius 2 is 1.58 bits per heavy atom. The fourth-order valence-electron chi connectivity index (χ4n) is 9.60. The Hall–Kier alpha value is -4.77. The second-order valence-electron chi connectivity index (χ2n) is 15.9. The van der Waals surface area contributed by atoms with E-state index in [2.05, 4.69) is 10.1 Å². The number of aliphatic hydroxyl groups is 2. The number of benzene rings is 2. The van der Waals surface area contributed by atoms with Gasteiger partial charge in [0.05, 0.1) is 29.6 Å². The second kappa shape index (κ2) is 15.5. The summed E-state index contributed by atoms with van der Waals surface area (Å²) in [6.07, 6.45) is -9.46. The number of methoxy groups -OCH3 is 1. The number of rotatable bonds is 10. The number of ketones is 1. The first-order valence-corrected chi connectivity index (χ1v) is 18.7. The molecule has 15 nitrogen and oxygen atoms in total. The molecule has 0 spiro atoms. The highest BCUT2D eigenvalue weighted by Gasteiger charge is 2.78. The van der Waals surface area contributed by atoms with Crippen LogP contribution in [0.4, 0.5) is 0 Å². The molecule has 57 heavy (non-hydrogen) atoms. The molecule has 2 N–H and O–H groups in total. The Kier molecular flexibility index (Phi) is 11.4. The third-order valence-corrected chi connectivity index (χ3v) is 12.5. The van der Waals surface area contributed by atoms with Crippen molar-refractivity contribution in [3.8, 4) is 0 Å². The zero-order chi connectivity index (χ0) is 41.7. The predicted molar refractivity (Wildman–Crippen MR) is 199 cm³/mol. The molecule has 2 bridgehead atoms. The Bertz CT molecular complexity index is 1970. The first-order valence-electron chi connectivity index (χ1n) is 18.7. The molecule has 0 unspecified atom stereocenters. The summed E-state index contributed by atoms with van der Waals surface area (Å²) in [6.45, 7) is 8.19. The third-order valence-electron chi connectivity index (χ3n) is 12.5. The predicted octanol–water partition coefficient (Wildman–Crippen LogP) is 3.50. The minimum atomic E-state index is -2.31. The van der Waals surface area contributed by atoms with E-state index >= 15 is 4.79 Å². The molecule has 2 saturated carbocycles. The van der Waals surface area contributed by atoms with E-state index in [4.69, 9.17) is 36.4 Å². The molecular formula is C41H47BN2O13. The number of carbonyl (C=O) groups is 5. The van der Waals surface area contributed by atoms with Crippen molar-refractivity contribution in [2.24, 2.45) is 26.9 Å². The van der Waals surface area contributed by atoms with Crippen molar-refractivity contribution in [1.29, 1.82) is 0 Å². The van der Waals surface area contributed by atoms with Crippen molar-refractivity contribution < 1.29 is 62.6 Å². The highest BCUT2D eigenvalue weighted by Crippen LogP contribution is 2.64. The second-order valence-corrected chi connectivity index (χ2v) is 15.9. The summed E-state index contributed by atoms with van der Waals surface area (Å²) in [5, 5.41) is 33.1. The van der Waals surface area contributed by atoms with E-state index in [1.807, 2.05) is 0 Å². The van der Waals surface area contributed by atoms with Crippen LogP contribution in [-0.4, -0.2) is 109 Å². The maximum Gasteiger partial charge on any atom is 0.338 e. The summed E-state index contributed by atoms with van der Waals surface area (Å²) in [5.41, 5.74) is -6.72. The van der Waals surface area contributed by atoms with Crippen molar-refractivity contribution in [3.63, 3.8) is 0 Å². The van der Waals surface area contributed by atoms with Crippen molar-refractivity contribution in [1.82, 2.24) is 0 Å². The van der Waals surface area contributed by atoms with Crippen molar-refractivity contribution in [3.05, 3.63) is 82.9 Å². The lowest BCUT2D eigenvalue weighted by molar-refractivity contribution is -0.346. The molecular weight excluding hydrogens is 739 g/mol. The minimum absolute atomic E-state index is 0.0608. The lowest BCUT2D eigenvalue weighted by Gasteiger charge is -2.67. The SMILES string of the molecule is [B]N=N[C@H](c1ccccc1)[C@H](OC)C(=O)O[C@@H]1C[C@]2(O)[C@H](OC(=O)c3ccccc3)[C@H]3[C@@]4(OC(C)=O)CO[C@H]4C[C@@H](O)[C@]3(C)C(=O)[C@@H](OC(C)=O)C(=C1C)C2(C)C. The van der Waals surface area contributed by atoms with Gasteiger partial charge < -0.3 is 38.6 Å². The Balaban J connectivity index is 1.59. The van der Waals surface area contributed by atoms with Crippen LogP contribution in [0.3, 0.4) is 0 Å². The molecule has 2 aromatic rings. The van der Waals surface area contributed by atoms with Gasteiger partial charge in [0.2, 0.25) is 0 Å². The first-order chi connectivity index (χ1) is 26.9. The average molecular weight is 787 g/mol. The van der Waals surface area contributed by atoms with E-state index in [9.17, 15) is 29.4 Å². The summed E-state index contributed by atoms with van der Waals surface area (Å²) >= 11 is 0. The molecule has 1 aliphatic heterocycles. The first kappa shape index (κ1) is 41.9. The maximum atomic E-state index is 15.4. The Labute approximate surface area is 331 Å². The van der Waals surface area contributed by atoms with Crippen LogP contribution >= 0.6 is 0 Å². The molecule has 6 rings (SSSR count). The third kappa shape index (κ3) is 6.79. The molecule has 2 radical (unpaired) electrons. The van der Waals surface area contributed by atoms with Gasteiger partial charge in [-0.1, -0.05) is 62.4 Å². The van der Waals surface area contributed by atoms with Crippen LogP contribution in [0.25, 0.3) is 0 Å². The summed E-state index contributed by atoms with van der Waals surface area (Å²) in [6, 6.07) is 15.5. The van der Waals surface area contributed by atoms with E-state index in [1.54, 1.807) is 69.3 Å².